The molecule has 39 heavy (non-hydrogen) atoms. The number of unbranched alkanes of at least 4 members (excludes halogenated alkanes) is 13. The van der Waals surface area contributed by atoms with E-state index in [1.54, 1.807) is 6.92 Å². The van der Waals surface area contributed by atoms with E-state index in [1.165, 1.54) is 108 Å². The highest BCUT2D eigenvalue weighted by Crippen LogP contribution is 2.44. The second kappa shape index (κ2) is 24.5. The molecule has 0 aromatic carbocycles. The highest BCUT2D eigenvalue weighted by molar-refractivity contribution is 7.99. The van der Waals surface area contributed by atoms with Gasteiger partial charge in [0.25, 0.3) is 0 Å². The summed E-state index contributed by atoms with van der Waals surface area (Å²) in [5.74, 6) is 1.21. The van der Waals surface area contributed by atoms with Gasteiger partial charge in [-0.15, -0.1) is 0 Å². The van der Waals surface area contributed by atoms with Gasteiger partial charge in [-0.3, -0.25) is 4.52 Å². The van der Waals surface area contributed by atoms with Gasteiger partial charge in [0.2, 0.25) is 0 Å². The summed E-state index contributed by atoms with van der Waals surface area (Å²) in [6.07, 6.45) is 21.9. The van der Waals surface area contributed by atoms with E-state index in [9.17, 15) is 14.3 Å². The largest absolute Gasteiger partial charge is 0.456 e. The van der Waals surface area contributed by atoms with Crippen molar-refractivity contribution in [2.24, 2.45) is 5.41 Å². The molecule has 0 saturated carbocycles. The Balaban J connectivity index is 4.26. The predicted molar refractivity (Wildman–Crippen MR) is 168 cm³/mol. The standard InChI is InChI=1S/C31H63O6PS/c1-7-9-11-13-14-15-16-17-19-21-25-39-29(22-20-18-12-10-8-2)23-24-35-28(3)26-37-38(33,34)30(32)36-27-31(4,5)6/h28-29H,7-27H2,1-6H3,(H,33,34). The summed E-state index contributed by atoms with van der Waals surface area (Å²) in [5.41, 5.74) is -1.49. The summed E-state index contributed by atoms with van der Waals surface area (Å²) >= 11 is 2.09. The lowest BCUT2D eigenvalue weighted by molar-refractivity contribution is 0.0270. The first-order valence-corrected chi connectivity index (χ1v) is 18.5. The molecule has 0 aliphatic rings. The molecule has 0 saturated heterocycles. The number of carbonyl (C=O) groups excluding carboxylic acids is 1. The third-order valence-electron chi connectivity index (χ3n) is 6.67. The van der Waals surface area contributed by atoms with Gasteiger partial charge in [0.05, 0.1) is 19.3 Å². The Hall–Kier alpha value is -0.0700. The molecule has 0 fully saturated rings. The summed E-state index contributed by atoms with van der Waals surface area (Å²) in [7, 11) is -4.48. The number of hydrogen-bond acceptors (Lipinski definition) is 6. The van der Waals surface area contributed by atoms with E-state index in [1.807, 2.05) is 20.8 Å². The molecule has 0 amide bonds. The Morgan fingerprint density at radius 3 is 1.87 bits per heavy atom. The monoisotopic (exact) mass is 594 g/mol. The van der Waals surface area contributed by atoms with Crippen LogP contribution in [-0.4, -0.2) is 47.5 Å². The van der Waals surface area contributed by atoms with E-state index in [-0.39, 0.29) is 24.7 Å². The summed E-state index contributed by atoms with van der Waals surface area (Å²) < 4.78 is 28.1. The van der Waals surface area contributed by atoms with Crippen molar-refractivity contribution in [1.82, 2.24) is 0 Å². The third kappa shape index (κ3) is 25.4. The molecule has 6 nitrogen and oxygen atoms in total. The van der Waals surface area contributed by atoms with Crippen LogP contribution in [0, 0.1) is 5.41 Å². The lowest BCUT2D eigenvalue weighted by atomic mass is 9.99. The second-order valence-corrected chi connectivity index (χ2v) is 15.4. The molecule has 0 rings (SSSR count). The van der Waals surface area contributed by atoms with Crippen LogP contribution in [0.3, 0.4) is 0 Å². The molecule has 1 N–H and O–H groups in total. The summed E-state index contributed by atoms with van der Waals surface area (Å²) in [5, 5.41) is 0.578. The van der Waals surface area contributed by atoms with E-state index in [0.717, 1.165) is 6.42 Å². The highest BCUT2D eigenvalue weighted by atomic mass is 32.2. The molecule has 0 aliphatic heterocycles. The minimum absolute atomic E-state index is 0.0580. The molecule has 3 atom stereocenters. The van der Waals surface area contributed by atoms with Gasteiger partial charge in [-0.2, -0.15) is 11.8 Å². The lowest BCUT2D eigenvalue weighted by Gasteiger charge is -2.21. The van der Waals surface area contributed by atoms with Gasteiger partial charge >= 0.3 is 13.3 Å². The maximum absolute atomic E-state index is 12.2. The number of carbonyl (C=O) groups is 1. The molecular formula is C31H63O6PS. The van der Waals surface area contributed by atoms with Crippen LogP contribution >= 0.6 is 19.4 Å². The predicted octanol–water partition coefficient (Wildman–Crippen LogP) is 10.5. The Kier molecular flexibility index (Phi) is 24.5. The fourth-order valence-electron chi connectivity index (χ4n) is 4.19. The van der Waals surface area contributed by atoms with Crippen molar-refractivity contribution in [3.05, 3.63) is 0 Å². The first-order chi connectivity index (χ1) is 18.5. The summed E-state index contributed by atoms with van der Waals surface area (Å²) in [6.45, 7) is 12.5. The zero-order valence-corrected chi connectivity index (χ0v) is 28.1. The Morgan fingerprint density at radius 1 is 0.821 bits per heavy atom. The number of thioether (sulfide) groups is 1. The highest BCUT2D eigenvalue weighted by Gasteiger charge is 2.34. The van der Waals surface area contributed by atoms with Crippen molar-refractivity contribution in [2.75, 3.05) is 25.6 Å². The van der Waals surface area contributed by atoms with Crippen LogP contribution in [0.25, 0.3) is 0 Å². The van der Waals surface area contributed by atoms with Crippen molar-refractivity contribution < 1.29 is 28.3 Å². The number of ether oxygens (including phenoxy) is 2. The van der Waals surface area contributed by atoms with Crippen molar-refractivity contribution >= 4 is 25.1 Å². The average molecular weight is 595 g/mol. The fraction of sp³-hybridized carbons (Fsp3) is 0.968. The molecule has 0 radical (unpaired) electrons. The van der Waals surface area contributed by atoms with Crippen LogP contribution < -0.4 is 0 Å². The quantitative estimate of drug-likeness (QED) is 0.0748. The van der Waals surface area contributed by atoms with Crippen LogP contribution in [-0.2, 0) is 18.6 Å². The Bertz CT molecular complexity index is 625. The third-order valence-corrected chi connectivity index (χ3v) is 9.22. The minimum Gasteiger partial charge on any atom is -0.456 e. The second-order valence-electron chi connectivity index (χ2n) is 12.3. The fourth-order valence-corrected chi connectivity index (χ4v) is 6.24. The maximum Gasteiger partial charge on any atom is 0.435 e. The first-order valence-electron chi connectivity index (χ1n) is 15.9. The summed E-state index contributed by atoms with van der Waals surface area (Å²) in [6, 6.07) is 0. The molecule has 0 bridgehead atoms. The van der Waals surface area contributed by atoms with Gasteiger partial charge in [0, 0.05) is 11.9 Å². The van der Waals surface area contributed by atoms with E-state index in [4.69, 9.17) is 14.0 Å². The van der Waals surface area contributed by atoms with Gasteiger partial charge < -0.3 is 14.4 Å². The topological polar surface area (TPSA) is 82.1 Å². The molecule has 3 unspecified atom stereocenters. The number of rotatable bonds is 27. The number of hydrogen-bond donors (Lipinski definition) is 1. The molecule has 234 valence electrons. The molecule has 0 aromatic rings. The van der Waals surface area contributed by atoms with Crippen molar-refractivity contribution in [3.8, 4) is 0 Å². The zero-order valence-electron chi connectivity index (χ0n) is 26.3. The molecule has 8 heteroatoms. The Labute approximate surface area is 246 Å². The van der Waals surface area contributed by atoms with E-state index in [2.05, 4.69) is 25.6 Å². The van der Waals surface area contributed by atoms with Crippen LogP contribution in [0.4, 0.5) is 4.79 Å². The Morgan fingerprint density at radius 2 is 1.33 bits per heavy atom. The van der Waals surface area contributed by atoms with Crippen LogP contribution in [0.2, 0.25) is 0 Å². The zero-order chi connectivity index (χ0) is 29.4. The van der Waals surface area contributed by atoms with E-state index in [0.29, 0.717) is 11.9 Å². The smallest absolute Gasteiger partial charge is 0.435 e. The molecular weight excluding hydrogens is 531 g/mol. The molecule has 0 aliphatic carbocycles. The van der Waals surface area contributed by atoms with E-state index >= 15 is 0 Å². The van der Waals surface area contributed by atoms with Gasteiger partial charge in [-0.25, -0.2) is 9.36 Å². The molecule has 0 aromatic heterocycles. The minimum atomic E-state index is -4.48. The molecule has 0 heterocycles. The van der Waals surface area contributed by atoms with Crippen molar-refractivity contribution in [3.63, 3.8) is 0 Å². The van der Waals surface area contributed by atoms with Gasteiger partial charge in [-0.05, 0) is 37.4 Å². The summed E-state index contributed by atoms with van der Waals surface area (Å²) in [4.78, 5) is 21.9. The first kappa shape index (κ1) is 38.9. The van der Waals surface area contributed by atoms with Gasteiger partial charge in [-0.1, -0.05) is 125 Å². The van der Waals surface area contributed by atoms with Crippen molar-refractivity contribution in [1.29, 1.82) is 0 Å². The van der Waals surface area contributed by atoms with Crippen LogP contribution in [0.15, 0.2) is 0 Å². The maximum atomic E-state index is 12.2. The van der Waals surface area contributed by atoms with Crippen LogP contribution in [0.5, 0.6) is 0 Å². The van der Waals surface area contributed by atoms with Gasteiger partial charge in [0.1, 0.15) is 0 Å². The van der Waals surface area contributed by atoms with E-state index < -0.39 is 13.3 Å². The van der Waals surface area contributed by atoms with Crippen LogP contribution in [0.1, 0.15) is 151 Å². The average Bonchev–Trinajstić information content (AvgIpc) is 2.88. The normalized spacial score (nSPS) is 15.2. The molecule has 0 spiro atoms. The SMILES string of the molecule is CCCCCCCCCCCCSC(CCCCCCC)CCOC(C)COP(=O)(O)C(=O)OCC(C)(C)C. The van der Waals surface area contributed by atoms with Crippen molar-refractivity contribution in [2.45, 2.75) is 162 Å². The lowest BCUT2D eigenvalue weighted by Crippen LogP contribution is -2.21. The van der Waals surface area contributed by atoms with Gasteiger partial charge in [0.15, 0.2) is 0 Å².